The van der Waals surface area contributed by atoms with E-state index in [9.17, 15) is 9.59 Å². The predicted octanol–water partition coefficient (Wildman–Crippen LogP) is 13.2. The SMILES string of the molecule is CCC(C)C(=O)C(C)(C)CO.CCCC(CCC)(C(=O)C(C)C)c1ccc([B]OC(C)(C)C(C)(C)S)cc1C.CCCC1CC(C)C1.CCCCCCC. The first kappa shape index (κ1) is 55.0. The van der Waals surface area contributed by atoms with E-state index in [1.54, 1.807) is 13.8 Å². The third kappa shape index (κ3) is 19.4. The topological polar surface area (TPSA) is 63.6 Å². The molecule has 0 spiro atoms. The van der Waals surface area contributed by atoms with E-state index in [2.05, 4.69) is 93.1 Å². The number of unbranched alkanes of at least 4 members (excludes halogenated alkanes) is 4. The third-order valence-corrected chi connectivity index (χ3v) is 12.1. The molecule has 1 unspecified atom stereocenters. The molecule has 0 heterocycles. The molecule has 0 aliphatic heterocycles. The minimum Gasteiger partial charge on any atom is -0.428 e. The van der Waals surface area contributed by atoms with Crippen LogP contribution in [0.3, 0.4) is 0 Å². The Morgan fingerprint density at radius 2 is 1.35 bits per heavy atom. The fraction of sp³-hybridized carbons (Fsp3) is 0.833. The third-order valence-electron chi connectivity index (χ3n) is 11.6. The molecule has 0 saturated heterocycles. The number of aryl methyl sites for hydroxylation is 1. The van der Waals surface area contributed by atoms with E-state index in [4.69, 9.17) is 9.76 Å². The number of carbonyl (C=O) groups is 2. The fourth-order valence-electron chi connectivity index (χ4n) is 7.16. The van der Waals surface area contributed by atoms with Crippen LogP contribution >= 0.6 is 12.6 Å². The highest BCUT2D eigenvalue weighted by Crippen LogP contribution is 2.39. The molecule has 1 aromatic carbocycles. The maximum atomic E-state index is 13.3. The quantitative estimate of drug-likeness (QED) is 0.0742. The molecule has 54 heavy (non-hydrogen) atoms. The Hall–Kier alpha value is -1.11. The molecule has 0 aromatic heterocycles. The zero-order valence-corrected chi connectivity index (χ0v) is 39.7. The standard InChI is InChI=1S/C24H40BO2S.C9H18O2.C8H16.C7H16/c1-10-14-24(15-11-2,21(26)17(3)4)20-13-12-19(16-18(20)5)25-27-22(6,7)23(8,9)28;1-5-7(2)8(11)9(3,4)6-10;1-3-4-8-5-7(2)6-8;1-3-5-7-6-4-2/h12-13,16-17,28H,10-11,14-15H2,1-9H3;7,10H,5-6H2,1-4H3;7-8H,3-6H2,1-2H3;3-7H2,1-2H3. The molecule has 1 aromatic rings. The molecule has 1 fully saturated rings. The van der Waals surface area contributed by atoms with Gasteiger partial charge in [0, 0.05) is 22.0 Å². The van der Waals surface area contributed by atoms with Crippen LogP contribution in [0, 0.1) is 36.0 Å². The van der Waals surface area contributed by atoms with E-state index in [1.165, 1.54) is 63.4 Å². The van der Waals surface area contributed by atoms with Crippen molar-refractivity contribution in [3.63, 3.8) is 0 Å². The van der Waals surface area contributed by atoms with Crippen molar-refractivity contribution in [3.8, 4) is 0 Å². The van der Waals surface area contributed by atoms with Crippen LogP contribution in [-0.2, 0) is 19.7 Å². The summed E-state index contributed by atoms with van der Waals surface area (Å²) >= 11 is 4.66. The lowest BCUT2D eigenvalue weighted by Gasteiger charge is -2.38. The van der Waals surface area contributed by atoms with Gasteiger partial charge in [-0.25, -0.2) is 0 Å². The van der Waals surface area contributed by atoms with Gasteiger partial charge in [0.05, 0.1) is 17.6 Å². The summed E-state index contributed by atoms with van der Waals surface area (Å²) in [6.07, 6.45) is 17.5. The van der Waals surface area contributed by atoms with E-state index in [0.29, 0.717) is 5.78 Å². The van der Waals surface area contributed by atoms with E-state index in [1.807, 2.05) is 49.0 Å². The zero-order valence-electron chi connectivity index (χ0n) is 38.8. The van der Waals surface area contributed by atoms with Crippen LogP contribution in [0.4, 0.5) is 0 Å². The largest absolute Gasteiger partial charge is 0.428 e. The Morgan fingerprint density at radius 3 is 1.70 bits per heavy atom. The summed E-state index contributed by atoms with van der Waals surface area (Å²) in [5.41, 5.74) is 2.02. The maximum absolute atomic E-state index is 13.3. The molecule has 1 saturated carbocycles. The average molecular weight is 774 g/mol. The number of thiol groups is 1. The number of ketones is 2. The van der Waals surface area contributed by atoms with Gasteiger partial charge in [-0.3, -0.25) is 9.59 Å². The molecule has 0 bridgehead atoms. The second-order valence-electron chi connectivity index (χ2n) is 18.5. The predicted molar refractivity (Wildman–Crippen MR) is 243 cm³/mol. The zero-order chi connectivity index (χ0) is 42.3. The number of Topliss-reactive ketones (excluding diaryl/α,β-unsaturated/α-hetero) is 2. The molecule has 1 N–H and O–H groups in total. The molecule has 4 nitrogen and oxygen atoms in total. The lowest BCUT2D eigenvalue weighted by atomic mass is 9.66. The van der Waals surface area contributed by atoms with Crippen molar-refractivity contribution in [2.24, 2.45) is 29.1 Å². The van der Waals surface area contributed by atoms with Crippen molar-refractivity contribution in [2.75, 3.05) is 6.61 Å². The number of rotatable bonds is 21. The van der Waals surface area contributed by atoms with Gasteiger partial charge in [0.25, 0.3) is 0 Å². The maximum Gasteiger partial charge on any atom is 0.330 e. The highest BCUT2D eigenvalue weighted by molar-refractivity contribution is 7.81. The van der Waals surface area contributed by atoms with Crippen LogP contribution in [0.25, 0.3) is 0 Å². The summed E-state index contributed by atoms with van der Waals surface area (Å²) in [5, 5.41) is 8.89. The van der Waals surface area contributed by atoms with Gasteiger partial charge in [-0.2, -0.15) is 12.6 Å². The van der Waals surface area contributed by atoms with E-state index in [-0.39, 0.29) is 34.4 Å². The monoisotopic (exact) mass is 774 g/mol. The van der Waals surface area contributed by atoms with Gasteiger partial charge >= 0.3 is 7.48 Å². The highest BCUT2D eigenvalue weighted by atomic mass is 32.1. The second-order valence-corrected chi connectivity index (χ2v) is 19.6. The molecule has 0 amide bonds. The van der Waals surface area contributed by atoms with Gasteiger partial charge in [0.15, 0.2) is 0 Å². The molecule has 2 rings (SSSR count). The normalized spacial score (nSPS) is 16.4. The first-order chi connectivity index (χ1) is 25.0. The van der Waals surface area contributed by atoms with Crippen molar-refractivity contribution < 1.29 is 19.3 Å². The van der Waals surface area contributed by atoms with Gasteiger partial charge in [0.1, 0.15) is 11.6 Å². The van der Waals surface area contributed by atoms with E-state index in [0.717, 1.165) is 55.0 Å². The summed E-state index contributed by atoms with van der Waals surface area (Å²) < 4.78 is 5.81. The van der Waals surface area contributed by atoms with Gasteiger partial charge < -0.3 is 9.76 Å². The van der Waals surface area contributed by atoms with Crippen LogP contribution in [0.5, 0.6) is 0 Å². The van der Waals surface area contributed by atoms with Crippen molar-refractivity contribution >= 4 is 37.1 Å². The Bertz CT molecular complexity index is 1130. The molecule has 1 radical (unpaired) electrons. The van der Waals surface area contributed by atoms with Crippen LogP contribution in [-0.4, -0.2) is 41.1 Å². The first-order valence-corrected chi connectivity index (χ1v) is 22.5. The number of hydrogen-bond donors (Lipinski definition) is 2. The number of benzene rings is 1. The average Bonchev–Trinajstić information content (AvgIpc) is 3.09. The molecule has 1 aliphatic rings. The summed E-state index contributed by atoms with van der Waals surface area (Å²) in [4.78, 5) is 24.8. The van der Waals surface area contributed by atoms with Gasteiger partial charge in [-0.1, -0.05) is 165 Å². The van der Waals surface area contributed by atoms with E-state index >= 15 is 0 Å². The van der Waals surface area contributed by atoms with Crippen LogP contribution in [0.1, 0.15) is 212 Å². The minimum absolute atomic E-state index is 0.0329. The molecule has 6 heteroatoms. The molecule has 1 aliphatic carbocycles. The highest BCUT2D eigenvalue weighted by Gasteiger charge is 2.40. The number of aliphatic hydroxyl groups excluding tert-OH is 1. The first-order valence-electron chi connectivity index (χ1n) is 22.1. The smallest absolute Gasteiger partial charge is 0.330 e. The summed E-state index contributed by atoms with van der Waals surface area (Å²) in [5.74, 6) is 2.77. The Labute approximate surface area is 343 Å². The Kier molecular flexibility index (Phi) is 28.0. The summed E-state index contributed by atoms with van der Waals surface area (Å²) in [6.45, 7) is 35.2. The molecule has 315 valence electrons. The number of carbonyl (C=O) groups excluding carboxylic acids is 2. The van der Waals surface area contributed by atoms with Crippen molar-refractivity contribution in [1.29, 1.82) is 0 Å². The van der Waals surface area contributed by atoms with Crippen LogP contribution in [0.2, 0.25) is 0 Å². The lowest BCUT2D eigenvalue weighted by molar-refractivity contribution is -0.132. The Morgan fingerprint density at radius 1 is 0.833 bits per heavy atom. The van der Waals surface area contributed by atoms with E-state index < -0.39 is 11.0 Å². The lowest BCUT2D eigenvalue weighted by Crippen LogP contribution is -2.46. The van der Waals surface area contributed by atoms with Gasteiger partial charge in [-0.05, 0) is 89.7 Å². The van der Waals surface area contributed by atoms with Crippen LogP contribution in [0.15, 0.2) is 18.2 Å². The van der Waals surface area contributed by atoms with Crippen LogP contribution < -0.4 is 5.46 Å². The summed E-state index contributed by atoms with van der Waals surface area (Å²) in [6, 6.07) is 6.37. The number of hydrogen-bond acceptors (Lipinski definition) is 5. The molecular formula is C48H90BO4S. The summed E-state index contributed by atoms with van der Waals surface area (Å²) in [7, 11) is 1.82. The Balaban J connectivity index is 0. The van der Waals surface area contributed by atoms with Crippen molar-refractivity contribution in [2.45, 2.75) is 223 Å². The number of aliphatic hydroxyl groups is 1. The minimum atomic E-state index is -0.560. The van der Waals surface area contributed by atoms with Crippen molar-refractivity contribution in [1.82, 2.24) is 0 Å². The molecular weight excluding hydrogens is 683 g/mol. The van der Waals surface area contributed by atoms with Crippen molar-refractivity contribution in [3.05, 3.63) is 29.3 Å². The fourth-order valence-corrected chi connectivity index (χ4v) is 7.21. The molecule has 1 atom stereocenters. The van der Waals surface area contributed by atoms with Gasteiger partial charge in [-0.15, -0.1) is 0 Å². The van der Waals surface area contributed by atoms with Gasteiger partial charge in [0.2, 0.25) is 0 Å². The second kappa shape index (κ2) is 27.5.